The highest BCUT2D eigenvalue weighted by molar-refractivity contribution is 5.63. The van der Waals surface area contributed by atoms with E-state index in [1.54, 1.807) is 0 Å². The summed E-state index contributed by atoms with van der Waals surface area (Å²) >= 11 is 0. The number of rotatable bonds is 3. The van der Waals surface area contributed by atoms with E-state index in [4.69, 9.17) is 4.74 Å². The molecule has 2 nitrogen and oxygen atoms in total. The molecular weight excluding hydrogens is 205 g/mol. The zero-order chi connectivity index (χ0) is 11.6. The molecule has 0 aromatic heterocycles. The summed E-state index contributed by atoms with van der Waals surface area (Å²) < 4.78 is 18.9. The molecule has 1 aromatic rings. The molecule has 0 unspecified atom stereocenters. The van der Waals surface area contributed by atoms with Gasteiger partial charge in [0, 0.05) is 6.54 Å². The van der Waals surface area contributed by atoms with E-state index in [2.05, 4.69) is 11.4 Å². The van der Waals surface area contributed by atoms with Crippen LogP contribution in [0.4, 0.5) is 10.1 Å². The Morgan fingerprint density at radius 3 is 3.00 bits per heavy atom. The second kappa shape index (κ2) is 4.32. The van der Waals surface area contributed by atoms with Crippen molar-refractivity contribution in [2.24, 2.45) is 0 Å². The van der Waals surface area contributed by atoms with E-state index < -0.39 is 5.67 Å². The fourth-order valence-electron chi connectivity index (χ4n) is 1.85. The van der Waals surface area contributed by atoms with Gasteiger partial charge in [0.2, 0.25) is 0 Å². The monoisotopic (exact) mass is 223 g/mol. The lowest BCUT2D eigenvalue weighted by molar-refractivity contribution is 0.121. The molecule has 0 aliphatic carbocycles. The molecule has 88 valence electrons. The Bertz CT molecular complexity index is 371. The molecule has 0 spiro atoms. The zero-order valence-electron chi connectivity index (χ0n) is 9.85. The average Bonchev–Trinajstić information content (AvgIpc) is 2.25. The summed E-state index contributed by atoms with van der Waals surface area (Å²) in [5, 5.41) is 3.32. The molecule has 1 aliphatic rings. The van der Waals surface area contributed by atoms with Gasteiger partial charge in [-0.1, -0.05) is 12.1 Å². The van der Waals surface area contributed by atoms with Gasteiger partial charge in [0.1, 0.15) is 18.0 Å². The van der Waals surface area contributed by atoms with Crippen molar-refractivity contribution in [3.05, 3.63) is 23.8 Å². The number of ether oxygens (including phenoxy) is 1. The van der Waals surface area contributed by atoms with Crippen LogP contribution in [0, 0.1) is 0 Å². The van der Waals surface area contributed by atoms with Crippen LogP contribution in [0.25, 0.3) is 0 Å². The lowest BCUT2D eigenvalue weighted by atomic mass is 10.0. The fourth-order valence-corrected chi connectivity index (χ4v) is 1.85. The maximum absolute atomic E-state index is 13.4. The number of hydrogen-bond acceptors (Lipinski definition) is 2. The highest BCUT2D eigenvalue weighted by Gasteiger charge is 2.19. The maximum atomic E-state index is 13.4. The van der Waals surface area contributed by atoms with E-state index in [9.17, 15) is 4.39 Å². The van der Waals surface area contributed by atoms with Gasteiger partial charge in [0.05, 0.1) is 5.69 Å². The number of anilines is 1. The first-order valence-corrected chi connectivity index (χ1v) is 5.74. The molecule has 16 heavy (non-hydrogen) atoms. The van der Waals surface area contributed by atoms with Crippen LogP contribution in [0.1, 0.15) is 25.8 Å². The molecular formula is C13H18FNO. The Balaban J connectivity index is 2.15. The summed E-state index contributed by atoms with van der Waals surface area (Å²) in [5.74, 6) is 0.767. The summed E-state index contributed by atoms with van der Waals surface area (Å²) in [6, 6.07) is 5.95. The number of benzene rings is 1. The van der Waals surface area contributed by atoms with Gasteiger partial charge >= 0.3 is 0 Å². The van der Waals surface area contributed by atoms with Crippen LogP contribution in [0.3, 0.4) is 0 Å². The van der Waals surface area contributed by atoms with Gasteiger partial charge in [-0.3, -0.25) is 0 Å². The average molecular weight is 223 g/mol. The van der Waals surface area contributed by atoms with Crippen molar-refractivity contribution in [2.45, 2.75) is 32.4 Å². The van der Waals surface area contributed by atoms with E-state index in [0.717, 1.165) is 30.8 Å². The molecule has 0 fully saturated rings. The first-order chi connectivity index (χ1) is 7.56. The minimum absolute atomic E-state index is 0.0884. The number of hydrogen-bond donors (Lipinski definition) is 1. The molecule has 1 aliphatic heterocycles. The van der Waals surface area contributed by atoms with Crippen molar-refractivity contribution < 1.29 is 9.13 Å². The largest absolute Gasteiger partial charge is 0.488 e. The normalized spacial score (nSPS) is 15.2. The first-order valence-electron chi connectivity index (χ1n) is 5.74. The number of nitrogens with one attached hydrogen (secondary N) is 1. The lowest BCUT2D eigenvalue weighted by Gasteiger charge is -2.23. The summed E-state index contributed by atoms with van der Waals surface area (Å²) in [7, 11) is 0. The van der Waals surface area contributed by atoms with Gasteiger partial charge in [-0.2, -0.15) is 0 Å². The molecule has 2 rings (SSSR count). The van der Waals surface area contributed by atoms with Crippen LogP contribution in [0.15, 0.2) is 18.2 Å². The van der Waals surface area contributed by atoms with Crippen LogP contribution in [-0.2, 0) is 6.42 Å². The Morgan fingerprint density at radius 2 is 2.25 bits per heavy atom. The third kappa shape index (κ3) is 2.65. The number of para-hydroxylation sites is 1. The van der Waals surface area contributed by atoms with Crippen molar-refractivity contribution in [2.75, 3.05) is 18.5 Å². The zero-order valence-corrected chi connectivity index (χ0v) is 9.85. The second-order valence-corrected chi connectivity index (χ2v) is 4.83. The van der Waals surface area contributed by atoms with E-state index >= 15 is 0 Å². The van der Waals surface area contributed by atoms with E-state index in [0.29, 0.717) is 0 Å². The minimum atomic E-state index is -1.29. The van der Waals surface area contributed by atoms with Gasteiger partial charge in [0.25, 0.3) is 0 Å². The minimum Gasteiger partial charge on any atom is -0.488 e. The third-order valence-electron chi connectivity index (χ3n) is 2.61. The predicted octanol–water partition coefficient (Wildman–Crippen LogP) is 3.17. The number of aryl methyl sites for hydroxylation is 1. The van der Waals surface area contributed by atoms with Crippen LogP contribution < -0.4 is 10.1 Å². The number of fused-ring (bicyclic) bond motifs is 1. The maximum Gasteiger partial charge on any atom is 0.142 e. The summed E-state index contributed by atoms with van der Waals surface area (Å²) in [4.78, 5) is 0. The molecule has 1 N–H and O–H groups in total. The van der Waals surface area contributed by atoms with Crippen LogP contribution >= 0.6 is 0 Å². The highest BCUT2D eigenvalue weighted by atomic mass is 19.1. The Morgan fingerprint density at radius 1 is 1.44 bits per heavy atom. The van der Waals surface area contributed by atoms with Gasteiger partial charge in [-0.05, 0) is 38.3 Å². The Hall–Kier alpha value is -1.25. The molecule has 3 heteroatoms. The quantitative estimate of drug-likeness (QED) is 0.849. The number of alkyl halides is 1. The number of halogens is 1. The topological polar surface area (TPSA) is 21.3 Å². The third-order valence-corrected chi connectivity index (χ3v) is 2.61. The molecule has 0 saturated heterocycles. The van der Waals surface area contributed by atoms with Crippen LogP contribution in [-0.4, -0.2) is 18.8 Å². The van der Waals surface area contributed by atoms with Gasteiger partial charge < -0.3 is 10.1 Å². The summed E-state index contributed by atoms with van der Waals surface area (Å²) in [5.41, 5.74) is 1.01. The van der Waals surface area contributed by atoms with Crippen molar-refractivity contribution in [3.63, 3.8) is 0 Å². The molecule has 0 bridgehead atoms. The van der Waals surface area contributed by atoms with Crippen molar-refractivity contribution in [1.29, 1.82) is 0 Å². The fraction of sp³-hybridized carbons (Fsp3) is 0.538. The Kier molecular flexibility index (Phi) is 3.03. The van der Waals surface area contributed by atoms with E-state index in [1.807, 2.05) is 12.1 Å². The first kappa shape index (κ1) is 11.2. The lowest BCUT2D eigenvalue weighted by Crippen LogP contribution is -2.23. The summed E-state index contributed by atoms with van der Waals surface area (Å²) in [6.45, 7) is 4.10. The van der Waals surface area contributed by atoms with Gasteiger partial charge in [-0.15, -0.1) is 0 Å². The molecule has 1 aromatic carbocycles. The predicted molar refractivity (Wildman–Crippen MR) is 63.9 cm³/mol. The molecule has 0 saturated carbocycles. The van der Waals surface area contributed by atoms with Gasteiger partial charge in [0.15, 0.2) is 0 Å². The standard InChI is InChI=1S/C13H18FNO/c1-13(2,14)9-16-11-7-3-5-10-6-4-8-15-12(10)11/h3,5,7,15H,4,6,8-9H2,1-2H3. The SMILES string of the molecule is CC(C)(F)COc1cccc2c1NCCC2. The van der Waals surface area contributed by atoms with E-state index in [-0.39, 0.29) is 6.61 Å². The molecule has 1 heterocycles. The van der Waals surface area contributed by atoms with E-state index in [1.165, 1.54) is 19.4 Å². The van der Waals surface area contributed by atoms with Crippen molar-refractivity contribution in [3.8, 4) is 5.75 Å². The molecule has 0 radical (unpaired) electrons. The molecule has 0 amide bonds. The van der Waals surface area contributed by atoms with Crippen LogP contribution in [0.2, 0.25) is 0 Å². The molecule has 0 atom stereocenters. The second-order valence-electron chi connectivity index (χ2n) is 4.83. The smallest absolute Gasteiger partial charge is 0.142 e. The van der Waals surface area contributed by atoms with Crippen molar-refractivity contribution in [1.82, 2.24) is 0 Å². The van der Waals surface area contributed by atoms with Crippen molar-refractivity contribution >= 4 is 5.69 Å². The Labute approximate surface area is 95.8 Å². The summed E-state index contributed by atoms with van der Waals surface area (Å²) in [6.07, 6.45) is 2.21. The van der Waals surface area contributed by atoms with Gasteiger partial charge in [-0.25, -0.2) is 4.39 Å². The van der Waals surface area contributed by atoms with Crippen LogP contribution in [0.5, 0.6) is 5.75 Å². The highest BCUT2D eigenvalue weighted by Crippen LogP contribution is 2.32.